The smallest absolute Gasteiger partial charge is 0.0594 e. The van der Waals surface area contributed by atoms with Gasteiger partial charge in [0, 0.05) is 0 Å². The van der Waals surface area contributed by atoms with E-state index >= 15 is 0 Å². The maximum absolute atomic E-state index is 9.71. The largest absolute Gasteiger partial charge is 0.393 e. The fourth-order valence-electron chi connectivity index (χ4n) is 1.78. The lowest BCUT2D eigenvalue weighted by Crippen LogP contribution is -2.32. The molecule has 1 aliphatic carbocycles. The van der Waals surface area contributed by atoms with Crippen molar-refractivity contribution in [2.75, 3.05) is 0 Å². The van der Waals surface area contributed by atoms with Gasteiger partial charge >= 0.3 is 0 Å². The van der Waals surface area contributed by atoms with Gasteiger partial charge in [0.1, 0.15) is 0 Å². The monoisotopic (exact) mass is 154 g/mol. The van der Waals surface area contributed by atoms with Gasteiger partial charge in [0.05, 0.1) is 6.10 Å². The van der Waals surface area contributed by atoms with E-state index in [2.05, 4.69) is 19.1 Å². The van der Waals surface area contributed by atoms with E-state index in [0.29, 0.717) is 0 Å². The summed E-state index contributed by atoms with van der Waals surface area (Å²) in [7, 11) is 0. The van der Waals surface area contributed by atoms with Crippen LogP contribution in [0.25, 0.3) is 0 Å². The normalized spacial score (nSPS) is 33.7. The molecular formula is C10H18O. The zero-order valence-corrected chi connectivity index (χ0v) is 7.51. The highest BCUT2D eigenvalue weighted by Crippen LogP contribution is 2.36. The summed E-state index contributed by atoms with van der Waals surface area (Å²) in [4.78, 5) is 0. The Morgan fingerprint density at radius 3 is 2.73 bits per heavy atom. The second kappa shape index (κ2) is 3.40. The molecule has 0 bridgehead atoms. The van der Waals surface area contributed by atoms with E-state index in [1.54, 1.807) is 0 Å². The molecule has 0 saturated heterocycles. The minimum atomic E-state index is -0.118. The van der Waals surface area contributed by atoms with E-state index in [9.17, 15) is 5.11 Å². The summed E-state index contributed by atoms with van der Waals surface area (Å²) < 4.78 is 0. The van der Waals surface area contributed by atoms with E-state index in [-0.39, 0.29) is 11.5 Å². The van der Waals surface area contributed by atoms with Crippen LogP contribution in [0.15, 0.2) is 12.2 Å². The van der Waals surface area contributed by atoms with Crippen LogP contribution >= 0.6 is 0 Å². The molecule has 0 radical (unpaired) electrons. The van der Waals surface area contributed by atoms with Crippen LogP contribution in [0.4, 0.5) is 0 Å². The average Bonchev–Trinajstić information content (AvgIpc) is 2.04. The highest BCUT2D eigenvalue weighted by Gasteiger charge is 2.31. The van der Waals surface area contributed by atoms with E-state index in [4.69, 9.17) is 0 Å². The summed E-state index contributed by atoms with van der Waals surface area (Å²) in [6.07, 6.45) is 8.48. The summed E-state index contributed by atoms with van der Waals surface area (Å²) in [5.74, 6) is 0. The molecule has 1 heteroatoms. The highest BCUT2D eigenvalue weighted by atomic mass is 16.3. The first-order chi connectivity index (χ1) is 5.19. The molecule has 0 fully saturated rings. The number of hydrogen-bond donors (Lipinski definition) is 1. The molecule has 2 unspecified atom stereocenters. The second-order valence-corrected chi connectivity index (χ2v) is 3.79. The Labute approximate surface area is 69.1 Å². The van der Waals surface area contributed by atoms with Crippen molar-refractivity contribution in [1.82, 2.24) is 0 Å². The average molecular weight is 154 g/mol. The minimum Gasteiger partial charge on any atom is -0.393 e. The van der Waals surface area contributed by atoms with Gasteiger partial charge in [-0.3, -0.25) is 0 Å². The predicted octanol–water partition coefficient (Wildman–Crippen LogP) is 2.50. The zero-order valence-electron chi connectivity index (χ0n) is 7.51. The van der Waals surface area contributed by atoms with Crippen LogP contribution in [-0.2, 0) is 0 Å². The van der Waals surface area contributed by atoms with Gasteiger partial charge in [-0.25, -0.2) is 0 Å². The van der Waals surface area contributed by atoms with Gasteiger partial charge in [-0.2, -0.15) is 0 Å². The zero-order chi connectivity index (χ0) is 8.32. The van der Waals surface area contributed by atoms with Crippen LogP contribution in [0.3, 0.4) is 0 Å². The molecular weight excluding hydrogens is 136 g/mol. The first-order valence-corrected chi connectivity index (χ1v) is 4.52. The van der Waals surface area contributed by atoms with E-state index < -0.39 is 0 Å². The van der Waals surface area contributed by atoms with Gasteiger partial charge in [0.2, 0.25) is 0 Å². The fourth-order valence-corrected chi connectivity index (χ4v) is 1.78. The molecule has 1 aliphatic rings. The third-order valence-corrected chi connectivity index (χ3v) is 2.82. The van der Waals surface area contributed by atoms with Crippen LogP contribution in [0.5, 0.6) is 0 Å². The van der Waals surface area contributed by atoms with Crippen LogP contribution in [0.1, 0.15) is 39.5 Å². The van der Waals surface area contributed by atoms with Crippen molar-refractivity contribution in [2.45, 2.75) is 45.6 Å². The van der Waals surface area contributed by atoms with Crippen LogP contribution in [0.2, 0.25) is 0 Å². The Kier molecular flexibility index (Phi) is 2.72. The third-order valence-electron chi connectivity index (χ3n) is 2.82. The first kappa shape index (κ1) is 8.79. The third kappa shape index (κ3) is 1.84. The lowest BCUT2D eigenvalue weighted by molar-refractivity contribution is 0.0277. The van der Waals surface area contributed by atoms with Gasteiger partial charge in [0.25, 0.3) is 0 Å². The van der Waals surface area contributed by atoms with Crippen molar-refractivity contribution in [3.63, 3.8) is 0 Å². The predicted molar refractivity (Wildman–Crippen MR) is 47.4 cm³/mol. The molecule has 0 aromatic heterocycles. The van der Waals surface area contributed by atoms with Gasteiger partial charge in [-0.1, -0.05) is 26.0 Å². The molecule has 11 heavy (non-hydrogen) atoms. The van der Waals surface area contributed by atoms with Crippen LogP contribution < -0.4 is 0 Å². The van der Waals surface area contributed by atoms with Crippen molar-refractivity contribution in [3.05, 3.63) is 12.2 Å². The second-order valence-electron chi connectivity index (χ2n) is 3.79. The summed E-state index contributed by atoms with van der Waals surface area (Å²) >= 11 is 0. The fraction of sp³-hybridized carbons (Fsp3) is 0.800. The molecule has 0 heterocycles. The lowest BCUT2D eigenvalue weighted by atomic mass is 9.74. The van der Waals surface area contributed by atoms with Gasteiger partial charge in [0.15, 0.2) is 0 Å². The number of aliphatic hydroxyl groups excluding tert-OH is 1. The Bertz CT molecular complexity index is 151. The van der Waals surface area contributed by atoms with Gasteiger partial charge in [-0.15, -0.1) is 0 Å². The molecule has 2 atom stereocenters. The lowest BCUT2D eigenvalue weighted by Gasteiger charge is -2.35. The molecule has 0 aliphatic heterocycles. The molecule has 1 N–H and O–H groups in total. The van der Waals surface area contributed by atoms with Crippen molar-refractivity contribution in [2.24, 2.45) is 5.41 Å². The van der Waals surface area contributed by atoms with Crippen molar-refractivity contribution < 1.29 is 5.11 Å². The molecule has 0 aromatic rings. The Hall–Kier alpha value is -0.300. The Morgan fingerprint density at radius 1 is 1.55 bits per heavy atom. The molecule has 0 spiro atoms. The molecule has 1 rings (SSSR count). The summed E-state index contributed by atoms with van der Waals surface area (Å²) in [5, 5.41) is 9.71. The van der Waals surface area contributed by atoms with E-state index in [0.717, 1.165) is 25.7 Å². The van der Waals surface area contributed by atoms with Gasteiger partial charge in [-0.05, 0) is 31.1 Å². The Morgan fingerprint density at radius 2 is 2.27 bits per heavy atom. The summed E-state index contributed by atoms with van der Waals surface area (Å²) in [6.45, 7) is 4.24. The van der Waals surface area contributed by atoms with Gasteiger partial charge < -0.3 is 5.11 Å². The maximum atomic E-state index is 9.71. The number of rotatable bonds is 2. The molecule has 0 amide bonds. The standard InChI is InChI=1S/C10H18O/c1-3-9(11)10(2)7-5-4-6-8-10/h4-5,9,11H,3,6-8H2,1-2H3. The van der Waals surface area contributed by atoms with E-state index in [1.165, 1.54) is 0 Å². The molecule has 0 aromatic carbocycles. The SMILES string of the molecule is CCC(O)C1(C)CC=CCC1. The first-order valence-electron chi connectivity index (χ1n) is 4.52. The number of aliphatic hydroxyl groups is 1. The van der Waals surface area contributed by atoms with Crippen molar-refractivity contribution in [1.29, 1.82) is 0 Å². The maximum Gasteiger partial charge on any atom is 0.0594 e. The van der Waals surface area contributed by atoms with Crippen molar-refractivity contribution >= 4 is 0 Å². The van der Waals surface area contributed by atoms with Crippen molar-refractivity contribution in [3.8, 4) is 0 Å². The molecule has 64 valence electrons. The van der Waals surface area contributed by atoms with Crippen LogP contribution in [0, 0.1) is 5.41 Å². The number of allylic oxidation sites excluding steroid dienone is 2. The summed E-state index contributed by atoms with van der Waals surface area (Å²) in [5.41, 5.74) is 0.156. The molecule has 1 nitrogen and oxygen atoms in total. The highest BCUT2D eigenvalue weighted by molar-refractivity contribution is 4.98. The topological polar surface area (TPSA) is 20.2 Å². The minimum absolute atomic E-state index is 0.118. The van der Waals surface area contributed by atoms with E-state index in [1.807, 2.05) is 6.92 Å². The molecule has 0 saturated carbocycles. The quantitative estimate of drug-likeness (QED) is 0.606. The summed E-state index contributed by atoms with van der Waals surface area (Å²) in [6, 6.07) is 0. The van der Waals surface area contributed by atoms with Crippen LogP contribution in [-0.4, -0.2) is 11.2 Å². The Balaban J connectivity index is 2.58. The number of hydrogen-bond acceptors (Lipinski definition) is 1.